The number of carbonyl (C=O) groups excluding carboxylic acids is 2. The molecular weight excluding hydrogens is 481 g/mol. The number of hydrogen-bond acceptors (Lipinski definition) is 7. The van der Waals surface area contributed by atoms with E-state index in [1.807, 2.05) is 30.3 Å². The quantitative estimate of drug-likeness (QED) is 0.408. The Morgan fingerprint density at radius 3 is 2.56 bits per heavy atom. The molecule has 0 radical (unpaired) electrons. The first kappa shape index (κ1) is 24.8. The molecule has 0 aliphatic carbocycles. The fourth-order valence-corrected chi connectivity index (χ4v) is 4.63. The molecule has 182 valence electrons. The molecule has 1 aliphatic heterocycles. The van der Waals surface area contributed by atoms with Gasteiger partial charge in [-0.1, -0.05) is 54.2 Å². The van der Waals surface area contributed by atoms with E-state index >= 15 is 0 Å². The third kappa shape index (κ3) is 5.34. The summed E-state index contributed by atoms with van der Waals surface area (Å²) in [5.74, 6) is -2.15. The van der Waals surface area contributed by atoms with Crippen LogP contribution in [0.15, 0.2) is 93.6 Å². The van der Waals surface area contributed by atoms with Crippen molar-refractivity contribution in [1.29, 1.82) is 5.26 Å². The zero-order chi connectivity index (χ0) is 25.5. The highest BCUT2D eigenvalue weighted by Gasteiger charge is 2.38. The molecule has 9 heteroatoms. The Labute approximate surface area is 211 Å². The molecule has 0 bridgehead atoms. The van der Waals surface area contributed by atoms with E-state index in [-0.39, 0.29) is 29.2 Å². The number of nitriles is 1. The summed E-state index contributed by atoms with van der Waals surface area (Å²) in [5.41, 5.74) is 1.65. The molecule has 2 heterocycles. The highest BCUT2D eigenvalue weighted by atomic mass is 32.2. The molecule has 0 fully saturated rings. The summed E-state index contributed by atoms with van der Waals surface area (Å²) >= 11 is 1.07. The second-order valence-corrected chi connectivity index (χ2v) is 8.61. The number of nitrogens with zero attached hydrogens (tertiary/aromatic N) is 1. The van der Waals surface area contributed by atoms with E-state index in [0.717, 1.165) is 11.8 Å². The van der Waals surface area contributed by atoms with E-state index in [4.69, 9.17) is 9.15 Å². The number of esters is 1. The molecule has 1 aromatic heterocycles. The van der Waals surface area contributed by atoms with Crippen LogP contribution in [0, 0.1) is 17.1 Å². The van der Waals surface area contributed by atoms with Crippen LogP contribution in [-0.2, 0) is 14.3 Å². The molecule has 1 aliphatic rings. The number of para-hydroxylation sites is 1. The zero-order valence-electron chi connectivity index (χ0n) is 19.3. The third-order valence-corrected chi connectivity index (χ3v) is 6.35. The third-order valence-electron chi connectivity index (χ3n) is 5.33. The van der Waals surface area contributed by atoms with Crippen molar-refractivity contribution in [2.24, 2.45) is 0 Å². The Hall–Kier alpha value is -4.29. The molecule has 36 heavy (non-hydrogen) atoms. The van der Waals surface area contributed by atoms with Crippen molar-refractivity contribution in [3.63, 3.8) is 0 Å². The van der Waals surface area contributed by atoms with E-state index < -0.39 is 23.6 Å². The first-order valence-corrected chi connectivity index (χ1v) is 12.1. The summed E-state index contributed by atoms with van der Waals surface area (Å²) in [4.78, 5) is 25.7. The highest BCUT2D eigenvalue weighted by molar-refractivity contribution is 8.03. The number of halogens is 1. The van der Waals surface area contributed by atoms with Gasteiger partial charge >= 0.3 is 5.97 Å². The van der Waals surface area contributed by atoms with Crippen molar-refractivity contribution in [1.82, 2.24) is 5.32 Å². The number of ether oxygens (including phenoxy) is 1. The van der Waals surface area contributed by atoms with Gasteiger partial charge in [0.25, 0.3) is 0 Å². The van der Waals surface area contributed by atoms with Crippen LogP contribution in [-0.4, -0.2) is 24.2 Å². The smallest absolute Gasteiger partial charge is 0.337 e. The Kier molecular flexibility index (Phi) is 7.88. The van der Waals surface area contributed by atoms with Crippen molar-refractivity contribution in [2.45, 2.75) is 12.8 Å². The maximum absolute atomic E-state index is 13.9. The summed E-state index contributed by atoms with van der Waals surface area (Å²) in [6.07, 6.45) is 1.46. The number of furan rings is 1. The fourth-order valence-electron chi connectivity index (χ4n) is 3.79. The minimum Gasteiger partial charge on any atom is -0.468 e. The van der Waals surface area contributed by atoms with Crippen molar-refractivity contribution in [3.05, 3.63) is 106 Å². The van der Waals surface area contributed by atoms with Gasteiger partial charge in [-0.25, -0.2) is 9.18 Å². The Morgan fingerprint density at radius 2 is 1.89 bits per heavy atom. The van der Waals surface area contributed by atoms with Crippen molar-refractivity contribution >= 4 is 35.0 Å². The van der Waals surface area contributed by atoms with Crippen molar-refractivity contribution in [2.75, 3.05) is 17.7 Å². The van der Waals surface area contributed by atoms with Crippen LogP contribution in [0.4, 0.5) is 10.1 Å². The molecular formula is C27H22FN3O4S. The fraction of sp³-hybridized carbons (Fsp3) is 0.148. The van der Waals surface area contributed by atoms with E-state index in [2.05, 4.69) is 16.7 Å². The maximum atomic E-state index is 13.9. The zero-order valence-corrected chi connectivity index (χ0v) is 20.1. The lowest BCUT2D eigenvalue weighted by atomic mass is 9.84. The second kappa shape index (κ2) is 11.4. The molecule has 2 aromatic carbocycles. The van der Waals surface area contributed by atoms with Gasteiger partial charge < -0.3 is 19.8 Å². The first-order chi connectivity index (χ1) is 17.5. The van der Waals surface area contributed by atoms with Gasteiger partial charge in [-0.05, 0) is 36.8 Å². The van der Waals surface area contributed by atoms with E-state index in [9.17, 15) is 19.2 Å². The number of nitrogens with one attached hydrogen (secondary N) is 2. The number of thioether (sulfide) groups is 1. The summed E-state index contributed by atoms with van der Waals surface area (Å²) in [7, 11) is 0. The number of carbonyl (C=O) groups is 2. The first-order valence-electron chi connectivity index (χ1n) is 11.1. The predicted octanol–water partition coefficient (Wildman–Crippen LogP) is 5.19. The SMILES string of the molecule is CCOC(=O)C1=C(c2ccccc2)NC(SCC(=O)Nc2ccccc2F)=C(C#N)C1c1ccco1. The van der Waals surface area contributed by atoms with Crippen LogP contribution in [0.1, 0.15) is 24.2 Å². The van der Waals surface area contributed by atoms with Crippen LogP contribution >= 0.6 is 11.8 Å². The molecule has 2 N–H and O–H groups in total. The monoisotopic (exact) mass is 503 g/mol. The predicted molar refractivity (Wildman–Crippen MR) is 135 cm³/mol. The van der Waals surface area contributed by atoms with E-state index in [0.29, 0.717) is 22.0 Å². The second-order valence-electron chi connectivity index (χ2n) is 7.62. The van der Waals surface area contributed by atoms with Crippen LogP contribution in [0.25, 0.3) is 5.70 Å². The standard InChI is InChI=1S/C27H22FN3O4S/c1-2-34-27(33)24-23(21-13-8-14-35-21)18(15-29)26(31-25(24)17-9-4-3-5-10-17)36-16-22(32)30-20-12-7-6-11-19(20)28/h3-14,23,31H,2,16H2,1H3,(H,30,32). The van der Waals surface area contributed by atoms with Gasteiger partial charge in [-0.15, -0.1) is 0 Å². The largest absolute Gasteiger partial charge is 0.468 e. The van der Waals surface area contributed by atoms with E-state index in [1.54, 1.807) is 25.1 Å². The molecule has 1 amide bonds. The van der Waals surface area contributed by atoms with Gasteiger partial charge in [0.1, 0.15) is 11.6 Å². The molecule has 0 saturated carbocycles. The lowest BCUT2D eigenvalue weighted by Gasteiger charge is -2.29. The number of benzene rings is 2. The molecule has 7 nitrogen and oxygen atoms in total. The highest BCUT2D eigenvalue weighted by Crippen LogP contribution is 2.43. The molecule has 0 saturated heterocycles. The molecule has 1 atom stereocenters. The molecule has 0 spiro atoms. The molecule has 3 aromatic rings. The average Bonchev–Trinajstić information content (AvgIpc) is 3.43. The lowest BCUT2D eigenvalue weighted by Crippen LogP contribution is -2.29. The summed E-state index contributed by atoms with van der Waals surface area (Å²) in [6, 6.07) is 20.5. The van der Waals surface area contributed by atoms with Crippen LogP contribution in [0.3, 0.4) is 0 Å². The van der Waals surface area contributed by atoms with Crippen LogP contribution in [0.2, 0.25) is 0 Å². The molecule has 4 rings (SSSR count). The Bertz CT molecular complexity index is 1360. The minimum absolute atomic E-state index is 0.0668. The van der Waals surface area contributed by atoms with Gasteiger partial charge in [0, 0.05) is 0 Å². The maximum Gasteiger partial charge on any atom is 0.337 e. The number of amides is 1. The number of dihydropyridines is 1. The van der Waals surface area contributed by atoms with Crippen LogP contribution < -0.4 is 10.6 Å². The van der Waals surface area contributed by atoms with Crippen LogP contribution in [0.5, 0.6) is 0 Å². The summed E-state index contributed by atoms with van der Waals surface area (Å²) in [5, 5.41) is 16.2. The Balaban J connectivity index is 1.72. The number of allylic oxidation sites excluding steroid dienone is 1. The van der Waals surface area contributed by atoms with Crippen molar-refractivity contribution < 1.29 is 23.1 Å². The normalized spacial score (nSPS) is 15.2. The Morgan fingerprint density at radius 1 is 1.14 bits per heavy atom. The average molecular weight is 504 g/mol. The summed E-state index contributed by atoms with van der Waals surface area (Å²) < 4.78 is 24.9. The van der Waals surface area contributed by atoms with Gasteiger partial charge in [-0.2, -0.15) is 5.26 Å². The van der Waals surface area contributed by atoms with Gasteiger partial charge in [0.15, 0.2) is 0 Å². The minimum atomic E-state index is -0.849. The summed E-state index contributed by atoms with van der Waals surface area (Å²) in [6.45, 7) is 1.86. The number of hydrogen-bond donors (Lipinski definition) is 2. The lowest BCUT2D eigenvalue weighted by molar-refractivity contribution is -0.138. The van der Waals surface area contributed by atoms with Gasteiger partial charge in [0.2, 0.25) is 5.91 Å². The molecule has 1 unspecified atom stereocenters. The number of anilines is 1. The number of rotatable bonds is 8. The van der Waals surface area contributed by atoms with Crippen molar-refractivity contribution in [3.8, 4) is 6.07 Å². The van der Waals surface area contributed by atoms with Gasteiger partial charge in [-0.3, -0.25) is 4.79 Å². The van der Waals surface area contributed by atoms with E-state index in [1.165, 1.54) is 24.5 Å². The van der Waals surface area contributed by atoms with Gasteiger partial charge in [0.05, 0.1) is 58.2 Å². The topological polar surface area (TPSA) is 104 Å².